The maximum atomic E-state index is 12.6. The molecule has 6 heteroatoms. The van der Waals surface area contributed by atoms with E-state index in [1.54, 1.807) is 12.4 Å². The number of aromatic nitrogens is 1. The van der Waals surface area contributed by atoms with E-state index in [1.165, 1.54) is 11.3 Å². The number of rotatable bonds is 5. The van der Waals surface area contributed by atoms with Gasteiger partial charge in [-0.2, -0.15) is 0 Å². The monoisotopic (exact) mass is 365 g/mol. The topological polar surface area (TPSA) is 74.6 Å². The third kappa shape index (κ3) is 2.86. The number of nitrogens with zero attached hydrogens (tertiary/aromatic N) is 2. The van der Waals surface area contributed by atoms with E-state index >= 15 is 0 Å². The van der Waals surface area contributed by atoms with E-state index in [9.17, 15) is 4.79 Å². The number of anilines is 2. The fourth-order valence-electron chi connectivity index (χ4n) is 3.41. The lowest BCUT2D eigenvalue weighted by Gasteiger charge is -2.10. The van der Waals surface area contributed by atoms with Crippen LogP contribution in [0.1, 0.15) is 47.0 Å². The van der Waals surface area contributed by atoms with Crippen molar-refractivity contribution in [3.8, 4) is 0 Å². The molecule has 1 aliphatic rings. The number of aryl methyl sites for hydroxylation is 1. The highest BCUT2D eigenvalue weighted by Crippen LogP contribution is 2.38. The molecule has 0 unspecified atom stereocenters. The number of hydrogen-bond donors (Lipinski definition) is 2. The largest absolute Gasteiger partial charge is 0.411 e. The molecule has 5 nitrogen and oxygen atoms in total. The van der Waals surface area contributed by atoms with Gasteiger partial charge in [0.05, 0.1) is 21.0 Å². The first-order valence-electron chi connectivity index (χ1n) is 8.72. The first kappa shape index (κ1) is 16.7. The lowest BCUT2D eigenvalue weighted by atomic mass is 10.1. The van der Waals surface area contributed by atoms with Gasteiger partial charge < -0.3 is 10.5 Å². The molecular weight excluding hydrogens is 346 g/mol. The van der Waals surface area contributed by atoms with Crippen LogP contribution in [0.15, 0.2) is 41.8 Å². The first-order chi connectivity index (χ1) is 12.7. The van der Waals surface area contributed by atoms with E-state index in [1.807, 2.05) is 25.1 Å². The van der Waals surface area contributed by atoms with Gasteiger partial charge in [-0.15, -0.1) is 11.3 Å². The van der Waals surface area contributed by atoms with Crippen molar-refractivity contribution in [2.45, 2.75) is 32.6 Å². The van der Waals surface area contributed by atoms with E-state index < -0.39 is 0 Å². The van der Waals surface area contributed by atoms with Crippen molar-refractivity contribution >= 4 is 44.3 Å². The minimum atomic E-state index is 0.159. The molecule has 0 bridgehead atoms. The van der Waals surface area contributed by atoms with E-state index in [4.69, 9.17) is 5.21 Å². The van der Waals surface area contributed by atoms with Gasteiger partial charge in [0.2, 0.25) is 0 Å². The van der Waals surface area contributed by atoms with Crippen LogP contribution in [0.3, 0.4) is 0 Å². The molecule has 1 aliphatic carbocycles. The molecule has 2 aromatic heterocycles. The number of carbonyl (C=O) groups is 1. The third-order valence-electron chi connectivity index (χ3n) is 4.66. The molecule has 1 aromatic carbocycles. The molecule has 2 N–H and O–H groups in total. The van der Waals surface area contributed by atoms with Crippen molar-refractivity contribution in [2.24, 2.45) is 5.16 Å². The van der Waals surface area contributed by atoms with Crippen LogP contribution in [0.5, 0.6) is 0 Å². The summed E-state index contributed by atoms with van der Waals surface area (Å²) in [7, 11) is 0. The Hall–Kier alpha value is -2.73. The second kappa shape index (κ2) is 6.88. The Morgan fingerprint density at radius 1 is 1.35 bits per heavy atom. The number of fused-ring (bicyclic) bond motifs is 2. The Balaban J connectivity index is 1.75. The number of benzene rings is 1. The summed E-state index contributed by atoms with van der Waals surface area (Å²) < 4.78 is 1.00. The number of pyridine rings is 1. The van der Waals surface area contributed by atoms with Crippen molar-refractivity contribution in [3.05, 3.63) is 52.7 Å². The van der Waals surface area contributed by atoms with Gasteiger partial charge >= 0.3 is 0 Å². The first-order valence-corrected chi connectivity index (χ1v) is 9.54. The maximum absolute atomic E-state index is 12.6. The number of carbonyl (C=O) groups excluding carboxylic acids is 1. The van der Waals surface area contributed by atoms with Gasteiger partial charge in [-0.05, 0) is 43.0 Å². The number of ketones is 1. The fourth-order valence-corrected chi connectivity index (χ4v) is 4.50. The number of Topliss-reactive ketones (excluding diaryl/α,β-unsaturated/α-hetero) is 1. The van der Waals surface area contributed by atoms with Crippen LogP contribution >= 0.6 is 11.3 Å². The summed E-state index contributed by atoms with van der Waals surface area (Å²) in [6.45, 7) is 2.01. The fraction of sp³-hybridized carbons (Fsp3) is 0.250. The van der Waals surface area contributed by atoms with Gasteiger partial charge in [0.25, 0.3) is 0 Å². The molecular formula is C20H19N3O2S. The number of thiophene rings is 1. The average molecular weight is 365 g/mol. The molecule has 0 fully saturated rings. The van der Waals surface area contributed by atoms with Crippen molar-refractivity contribution in [1.29, 1.82) is 0 Å². The average Bonchev–Trinajstić information content (AvgIpc) is 3.23. The molecule has 0 spiro atoms. The summed E-state index contributed by atoms with van der Waals surface area (Å²) in [6.07, 6.45) is 6.53. The summed E-state index contributed by atoms with van der Waals surface area (Å²) in [6, 6.07) is 7.96. The van der Waals surface area contributed by atoms with Crippen LogP contribution in [0.25, 0.3) is 10.1 Å². The number of oxime groups is 1. The predicted octanol–water partition coefficient (Wildman–Crippen LogP) is 5.15. The van der Waals surface area contributed by atoms with E-state index in [0.717, 1.165) is 62.4 Å². The normalized spacial score (nSPS) is 14.7. The highest BCUT2D eigenvalue weighted by Gasteiger charge is 2.21. The van der Waals surface area contributed by atoms with Crippen molar-refractivity contribution in [3.63, 3.8) is 0 Å². The second-order valence-corrected chi connectivity index (χ2v) is 7.45. The molecule has 4 rings (SSSR count). The standard InChI is InChI=1S/C20H19N3O2S/c1-2-3-17(24)20-19(15-8-9-21-11-18(15)26-20)22-13-5-6-14-12(10-13)4-7-16(14)23-25/h5-6,8-11,22,25H,2-4,7H2,1H3/b23-16-. The molecule has 0 atom stereocenters. The van der Waals surface area contributed by atoms with Crippen LogP contribution in [-0.4, -0.2) is 21.7 Å². The zero-order valence-electron chi connectivity index (χ0n) is 14.5. The van der Waals surface area contributed by atoms with Gasteiger partial charge in [-0.1, -0.05) is 18.1 Å². The lowest BCUT2D eigenvalue weighted by molar-refractivity contribution is 0.0986. The maximum Gasteiger partial charge on any atom is 0.174 e. The van der Waals surface area contributed by atoms with Crippen molar-refractivity contribution < 1.29 is 10.0 Å². The van der Waals surface area contributed by atoms with Gasteiger partial charge in [0.1, 0.15) is 0 Å². The molecule has 0 saturated carbocycles. The Bertz CT molecular complexity index is 1020. The number of nitrogens with one attached hydrogen (secondary N) is 1. The molecule has 0 radical (unpaired) electrons. The zero-order chi connectivity index (χ0) is 18.1. The molecule has 0 saturated heterocycles. The Labute approximate surface area is 155 Å². The smallest absolute Gasteiger partial charge is 0.174 e. The second-order valence-electron chi connectivity index (χ2n) is 6.39. The molecule has 0 aliphatic heterocycles. The van der Waals surface area contributed by atoms with Crippen molar-refractivity contribution in [1.82, 2.24) is 4.98 Å². The highest BCUT2D eigenvalue weighted by atomic mass is 32.1. The molecule has 3 aromatic rings. The van der Waals surface area contributed by atoms with Crippen LogP contribution in [-0.2, 0) is 6.42 Å². The van der Waals surface area contributed by atoms with Gasteiger partial charge in [0.15, 0.2) is 5.78 Å². The highest BCUT2D eigenvalue weighted by molar-refractivity contribution is 7.21. The number of hydrogen-bond acceptors (Lipinski definition) is 6. The zero-order valence-corrected chi connectivity index (χ0v) is 15.3. The quantitative estimate of drug-likeness (QED) is 0.373. The van der Waals surface area contributed by atoms with Gasteiger partial charge in [0, 0.05) is 35.5 Å². The summed E-state index contributed by atoms with van der Waals surface area (Å²) in [4.78, 5) is 17.5. The van der Waals surface area contributed by atoms with Crippen LogP contribution in [0.2, 0.25) is 0 Å². The summed E-state index contributed by atoms with van der Waals surface area (Å²) in [5.41, 5.74) is 4.69. The van der Waals surface area contributed by atoms with Crippen molar-refractivity contribution in [2.75, 3.05) is 5.32 Å². The minimum absolute atomic E-state index is 0.159. The van der Waals surface area contributed by atoms with E-state index in [0.29, 0.717) is 6.42 Å². The van der Waals surface area contributed by atoms with Gasteiger partial charge in [-0.25, -0.2) is 0 Å². The van der Waals surface area contributed by atoms with Gasteiger partial charge in [-0.3, -0.25) is 9.78 Å². The van der Waals surface area contributed by atoms with Crippen LogP contribution in [0, 0.1) is 0 Å². The predicted molar refractivity (Wildman–Crippen MR) is 105 cm³/mol. The molecule has 0 amide bonds. The third-order valence-corrected chi connectivity index (χ3v) is 5.84. The Morgan fingerprint density at radius 2 is 2.23 bits per heavy atom. The summed E-state index contributed by atoms with van der Waals surface area (Å²) in [5, 5.41) is 16.9. The SMILES string of the molecule is CCCC(=O)c1sc2cnccc2c1Nc1ccc2c(c1)CC/C2=N/O. The Kier molecular flexibility index (Phi) is 4.42. The lowest BCUT2D eigenvalue weighted by Crippen LogP contribution is -2.01. The molecule has 132 valence electrons. The summed E-state index contributed by atoms with van der Waals surface area (Å²) >= 11 is 1.49. The van der Waals surface area contributed by atoms with Crippen LogP contribution in [0.4, 0.5) is 11.4 Å². The molecule has 2 heterocycles. The summed E-state index contributed by atoms with van der Waals surface area (Å²) in [5.74, 6) is 0.159. The van der Waals surface area contributed by atoms with Crippen LogP contribution < -0.4 is 5.32 Å². The minimum Gasteiger partial charge on any atom is -0.411 e. The molecule has 26 heavy (non-hydrogen) atoms. The van der Waals surface area contributed by atoms with E-state index in [2.05, 4.69) is 21.5 Å². The van der Waals surface area contributed by atoms with E-state index in [-0.39, 0.29) is 5.78 Å². The Morgan fingerprint density at radius 3 is 3.04 bits per heavy atom.